The molecule has 6 aromatic carbocycles. The van der Waals surface area contributed by atoms with Crippen molar-refractivity contribution in [3.8, 4) is 11.5 Å². The first-order valence-electron chi connectivity index (χ1n) is 35.7. The maximum absolute atomic E-state index is 13.4. The van der Waals surface area contributed by atoms with Gasteiger partial charge in [-0.05, 0) is 102 Å². The van der Waals surface area contributed by atoms with Crippen molar-refractivity contribution >= 4 is 104 Å². The summed E-state index contributed by atoms with van der Waals surface area (Å²) in [5, 5.41) is 4.15. The molecule has 6 heterocycles. The van der Waals surface area contributed by atoms with Gasteiger partial charge in [0.1, 0.15) is 24.6 Å². The van der Waals surface area contributed by atoms with E-state index in [2.05, 4.69) is 134 Å². The molecule has 6 aliphatic heterocycles. The van der Waals surface area contributed by atoms with Gasteiger partial charge < -0.3 is 57.8 Å². The number of esters is 4. The van der Waals surface area contributed by atoms with E-state index in [0.29, 0.717) is 104 Å². The molecule has 0 aromatic heterocycles. The molecule has 2 saturated heterocycles. The molecule has 20 nitrogen and oxygen atoms in total. The first kappa shape index (κ1) is 69.7. The fraction of sp³-hybridized carbons (Fsp3) is 0.494. The van der Waals surface area contributed by atoms with Gasteiger partial charge in [-0.25, -0.2) is 0 Å². The van der Waals surface area contributed by atoms with Crippen LogP contribution in [0.15, 0.2) is 119 Å². The number of likely N-dealkylation sites (N-methyl/N-ethyl adjacent to an activating group) is 2. The largest absolute Gasteiger partial charge is 0.466 e. The summed E-state index contributed by atoms with van der Waals surface area (Å²) in [5.74, 6) is -0.241. The summed E-state index contributed by atoms with van der Waals surface area (Å²) in [4.78, 5) is 101. The molecule has 12 rings (SSSR count). The second kappa shape index (κ2) is 29.3. The molecule has 99 heavy (non-hydrogen) atoms. The molecule has 2 fully saturated rings. The lowest BCUT2D eigenvalue weighted by molar-refractivity contribution is -0.155. The Balaban J connectivity index is 0.486. The van der Waals surface area contributed by atoms with E-state index in [0.717, 1.165) is 67.2 Å². The number of piperazine rings is 2. The highest BCUT2D eigenvalue weighted by Gasteiger charge is 2.60. The van der Waals surface area contributed by atoms with Crippen molar-refractivity contribution in [2.45, 2.75) is 154 Å². The molecule has 20 heteroatoms. The van der Waals surface area contributed by atoms with E-state index >= 15 is 0 Å². The van der Waals surface area contributed by atoms with E-state index in [1.54, 1.807) is 0 Å². The van der Waals surface area contributed by atoms with Crippen LogP contribution in [0.3, 0.4) is 0 Å². The Bertz CT molecular complexity index is 3820. The quantitative estimate of drug-likeness (QED) is 0.0282. The van der Waals surface area contributed by atoms with E-state index in [9.17, 15) is 28.8 Å². The van der Waals surface area contributed by atoms with Gasteiger partial charge in [0.2, 0.25) is 23.3 Å². The second-order valence-electron chi connectivity index (χ2n) is 28.4. The monoisotopic (exact) mass is 1350 g/mol. The number of fused-ring (bicyclic) bond motifs is 8. The van der Waals surface area contributed by atoms with Gasteiger partial charge in [0, 0.05) is 154 Å². The zero-order valence-electron chi connectivity index (χ0n) is 58.9. The van der Waals surface area contributed by atoms with Crippen molar-refractivity contribution in [2.24, 2.45) is 15.4 Å². The predicted molar refractivity (Wildman–Crippen MR) is 387 cm³/mol. The molecule has 2 spiro atoms. The minimum absolute atomic E-state index is 0.00579. The third kappa shape index (κ3) is 13.7. The summed E-state index contributed by atoms with van der Waals surface area (Å²) in [5.41, 5.74) is 5.39. The first-order valence-corrected chi connectivity index (χ1v) is 35.7. The maximum Gasteiger partial charge on any atom is 0.306 e. The molecular weight excluding hydrogens is 1250 g/mol. The maximum atomic E-state index is 13.4. The number of nitrogens with zero attached hydrogens (tertiary/aromatic N) is 8. The Morgan fingerprint density at radius 1 is 0.434 bits per heavy atom. The third-order valence-corrected chi connectivity index (χ3v) is 22.0. The topological polar surface area (TPSA) is 202 Å². The van der Waals surface area contributed by atoms with Crippen LogP contribution in [0, 0.1) is 5.41 Å². The fourth-order valence-corrected chi connectivity index (χ4v) is 15.4. The number of anilines is 4. The molecule has 0 saturated carbocycles. The number of unbranched alkanes of at least 4 members (excludes halogenated alkanes) is 4. The van der Waals surface area contributed by atoms with Crippen molar-refractivity contribution in [3.63, 3.8) is 0 Å². The Hall–Kier alpha value is -9.20. The van der Waals surface area contributed by atoms with Crippen LogP contribution in [0.5, 0.6) is 11.5 Å². The van der Waals surface area contributed by atoms with Crippen LogP contribution in [0.25, 0.3) is 21.5 Å². The summed E-state index contributed by atoms with van der Waals surface area (Å²) >= 11 is 0. The molecule has 0 N–H and O–H groups in total. The third-order valence-electron chi connectivity index (χ3n) is 22.0. The summed E-state index contributed by atoms with van der Waals surface area (Å²) in [7, 11) is 4.12. The van der Waals surface area contributed by atoms with Crippen molar-refractivity contribution in [3.05, 3.63) is 120 Å². The summed E-state index contributed by atoms with van der Waals surface area (Å²) in [6.07, 6.45) is 9.33. The molecular formula is C79H96N8O12. The van der Waals surface area contributed by atoms with Crippen LogP contribution in [0.1, 0.15) is 143 Å². The first-order chi connectivity index (χ1) is 47.7. The number of ether oxygens (including phenoxy) is 6. The van der Waals surface area contributed by atoms with Gasteiger partial charge in [0.15, 0.2) is 11.5 Å². The van der Waals surface area contributed by atoms with E-state index in [4.69, 9.17) is 38.4 Å². The number of amides is 2. The molecule has 524 valence electrons. The molecule has 0 aliphatic carbocycles. The minimum Gasteiger partial charge on any atom is -0.466 e. The lowest BCUT2D eigenvalue weighted by Crippen LogP contribution is -2.61. The SMILES string of the molecule is CCC(CC)(COC(=O)CCCCCOC(=O)CCC(=O)N1CCN(c2cc3c(c4ccccc24)N=CC2(O3)N(C)c3ccccc3C2(C)C)CC1)COC(=O)CCCCCOC(=O)CCC(=O)N1CCN(c2cc3c(c4ccccc24)N=CC2(O3)N(C)c3ccccc3C2(C)C)CC1. The summed E-state index contributed by atoms with van der Waals surface area (Å²) in [6.45, 7) is 18.0. The van der Waals surface area contributed by atoms with Gasteiger partial charge in [-0.3, -0.25) is 38.8 Å². The molecule has 6 aromatic rings. The summed E-state index contributed by atoms with van der Waals surface area (Å²) in [6, 6.07) is 37.5. The van der Waals surface area contributed by atoms with Crippen LogP contribution in [0.4, 0.5) is 34.1 Å². The van der Waals surface area contributed by atoms with Crippen molar-refractivity contribution in [1.29, 1.82) is 0 Å². The highest BCUT2D eigenvalue weighted by atomic mass is 16.6. The minimum atomic E-state index is -0.817. The average Bonchev–Trinajstić information content (AvgIpc) is 1.58. The number of benzene rings is 6. The predicted octanol–water partition coefficient (Wildman–Crippen LogP) is 13.1. The standard InChI is InChI=1S/C79H96N8O12/c1-9-77(10-2,53-96-69(90)33-13-11-23-47-94-71(92)37-35-67(88)86-43-39-84(40-44-86)63-49-65-73(57-27-17-15-25-55(57)63)80-51-78(98-65)75(3,4)59-29-19-21-31-61(59)82(78)7)54-97-70(91)34-14-12-24-48-95-72(93)38-36-68(89)87-45-41-85(42-46-87)64-50-66-74(58-28-18-16-26-56(58)64)81-52-79(99-66)76(5,6)60-30-20-22-32-62(60)83(79)8/h15-22,25-32,49-52H,9-14,23-24,33-48,53-54H2,1-8H3. The van der Waals surface area contributed by atoms with Crippen LogP contribution in [0.2, 0.25) is 0 Å². The van der Waals surface area contributed by atoms with Crippen molar-refractivity contribution in [1.82, 2.24) is 9.80 Å². The number of hydrogen-bond acceptors (Lipinski definition) is 18. The van der Waals surface area contributed by atoms with E-state index in [1.807, 2.05) is 72.5 Å². The van der Waals surface area contributed by atoms with Gasteiger partial charge in [0.05, 0.1) is 49.3 Å². The highest BCUT2D eigenvalue weighted by molar-refractivity contribution is 6.08. The van der Waals surface area contributed by atoms with Crippen LogP contribution in [-0.2, 0) is 58.5 Å². The van der Waals surface area contributed by atoms with E-state index < -0.39 is 28.8 Å². The van der Waals surface area contributed by atoms with E-state index in [-0.39, 0.29) is 99.5 Å². The smallest absolute Gasteiger partial charge is 0.306 e. The van der Waals surface area contributed by atoms with Crippen LogP contribution >= 0.6 is 0 Å². The second-order valence-corrected chi connectivity index (χ2v) is 28.4. The number of carbonyl (C=O) groups excluding carboxylic acids is 6. The molecule has 2 amide bonds. The summed E-state index contributed by atoms with van der Waals surface area (Å²) < 4.78 is 36.6. The average molecular weight is 1350 g/mol. The Kier molecular flexibility index (Phi) is 20.6. The Morgan fingerprint density at radius 3 is 1.18 bits per heavy atom. The number of rotatable bonds is 26. The zero-order valence-corrected chi connectivity index (χ0v) is 58.9. The fourth-order valence-electron chi connectivity index (χ4n) is 15.4. The Morgan fingerprint density at radius 2 is 0.798 bits per heavy atom. The van der Waals surface area contributed by atoms with Gasteiger partial charge in [0.25, 0.3) is 0 Å². The molecule has 6 aliphatic rings. The number of hydrogen-bond donors (Lipinski definition) is 0. The number of para-hydroxylation sites is 2. The van der Waals surface area contributed by atoms with Gasteiger partial charge in [-0.15, -0.1) is 0 Å². The normalized spacial score (nSPS) is 19.4. The molecule has 2 atom stereocenters. The molecule has 0 radical (unpaired) electrons. The number of carbonyl (C=O) groups is 6. The lowest BCUT2D eigenvalue weighted by atomic mass is 9.77. The van der Waals surface area contributed by atoms with Crippen LogP contribution < -0.4 is 29.1 Å². The van der Waals surface area contributed by atoms with Crippen molar-refractivity contribution < 1.29 is 57.2 Å². The Labute approximate surface area is 581 Å². The van der Waals surface area contributed by atoms with Crippen LogP contribution in [-0.4, -0.2) is 162 Å². The van der Waals surface area contributed by atoms with E-state index in [1.165, 1.54) is 11.1 Å². The van der Waals surface area contributed by atoms with Gasteiger partial charge >= 0.3 is 23.9 Å². The zero-order chi connectivity index (χ0) is 69.7. The van der Waals surface area contributed by atoms with Crippen molar-refractivity contribution in [2.75, 3.05) is 112 Å². The van der Waals surface area contributed by atoms with Gasteiger partial charge in [-0.2, -0.15) is 0 Å². The van der Waals surface area contributed by atoms with Gasteiger partial charge in [-0.1, -0.05) is 98.8 Å². The lowest BCUT2D eigenvalue weighted by Gasteiger charge is -2.45. The molecule has 0 bridgehead atoms. The highest BCUT2D eigenvalue weighted by Crippen LogP contribution is 2.57. The molecule has 2 unspecified atom stereocenters. The number of aliphatic imine (C=N–C) groups is 2.